The molecule has 0 aromatic heterocycles. The molecule has 0 heterocycles. The van der Waals surface area contributed by atoms with E-state index in [1.165, 1.54) is 0 Å². The van der Waals surface area contributed by atoms with Crippen LogP contribution in [0.1, 0.15) is 34.3 Å². The number of hydrogen-bond acceptors (Lipinski definition) is 3. The highest BCUT2D eigenvalue weighted by Gasteiger charge is 2.30. The van der Waals surface area contributed by atoms with Crippen LogP contribution in [-0.4, -0.2) is 49.8 Å². The monoisotopic (exact) mass is 564 g/mol. The molecule has 0 saturated carbocycles. The van der Waals surface area contributed by atoms with Crippen molar-refractivity contribution in [3.05, 3.63) is 71.3 Å². The summed E-state index contributed by atoms with van der Waals surface area (Å²) in [6.45, 7) is 3.53. The Hall–Kier alpha value is -2.34. The third kappa shape index (κ3) is 9.03. The molecule has 1 unspecified atom stereocenters. The standard InChI is InChI=1S/C22H27F3N4O2.HI/c1-2-26-21(29-14-18(15-30)16-6-4-3-5-7-16)28-13-12-27-20(31)17-8-10-19(11-9-17)22(23,24)25;/h3-11,18,30H,2,12-15H2,1H3,(H,27,31)(H2,26,28,29);1H. The fourth-order valence-electron chi connectivity index (χ4n) is 2.81. The highest BCUT2D eigenvalue weighted by molar-refractivity contribution is 14.0. The molecule has 0 fully saturated rings. The number of nitrogens with zero attached hydrogens (tertiary/aromatic N) is 1. The van der Waals surface area contributed by atoms with Gasteiger partial charge in [0.15, 0.2) is 5.96 Å². The number of amides is 1. The zero-order valence-electron chi connectivity index (χ0n) is 17.7. The summed E-state index contributed by atoms with van der Waals surface area (Å²) in [6, 6.07) is 13.7. The second kappa shape index (κ2) is 13.9. The Kier molecular flexibility index (Phi) is 12.1. The normalized spacial score (nSPS) is 12.5. The van der Waals surface area contributed by atoms with Gasteiger partial charge in [0.05, 0.1) is 18.7 Å². The van der Waals surface area contributed by atoms with Crippen molar-refractivity contribution in [2.45, 2.75) is 19.0 Å². The van der Waals surface area contributed by atoms with E-state index >= 15 is 0 Å². The van der Waals surface area contributed by atoms with Crippen LogP contribution in [-0.2, 0) is 6.18 Å². The third-order valence-electron chi connectivity index (χ3n) is 4.48. The van der Waals surface area contributed by atoms with Gasteiger partial charge in [-0.05, 0) is 36.8 Å². The van der Waals surface area contributed by atoms with Gasteiger partial charge in [0, 0.05) is 31.1 Å². The molecule has 32 heavy (non-hydrogen) atoms. The first-order valence-electron chi connectivity index (χ1n) is 9.98. The van der Waals surface area contributed by atoms with Gasteiger partial charge >= 0.3 is 6.18 Å². The van der Waals surface area contributed by atoms with Crippen molar-refractivity contribution >= 4 is 35.8 Å². The summed E-state index contributed by atoms with van der Waals surface area (Å²) in [6.07, 6.45) is -4.43. The molecule has 6 nitrogen and oxygen atoms in total. The molecule has 2 aromatic carbocycles. The Balaban J connectivity index is 0.00000512. The van der Waals surface area contributed by atoms with E-state index in [4.69, 9.17) is 0 Å². The second-order valence-electron chi connectivity index (χ2n) is 6.77. The molecule has 0 radical (unpaired) electrons. The molecule has 4 N–H and O–H groups in total. The van der Waals surface area contributed by atoms with Crippen LogP contribution in [0, 0.1) is 0 Å². The number of halogens is 4. The molecule has 1 amide bonds. The number of aliphatic hydroxyl groups excluding tert-OH is 1. The number of benzene rings is 2. The minimum absolute atomic E-state index is 0. The van der Waals surface area contributed by atoms with E-state index < -0.39 is 17.6 Å². The van der Waals surface area contributed by atoms with E-state index in [2.05, 4.69) is 20.9 Å². The van der Waals surface area contributed by atoms with Crippen LogP contribution in [0.15, 0.2) is 59.6 Å². The SMILES string of the molecule is CCNC(=NCC(CO)c1ccccc1)NCCNC(=O)c1ccc(C(F)(F)F)cc1.I. The Morgan fingerprint density at radius 3 is 2.19 bits per heavy atom. The van der Waals surface area contributed by atoms with Crippen molar-refractivity contribution in [3.8, 4) is 0 Å². The van der Waals surface area contributed by atoms with E-state index in [9.17, 15) is 23.1 Å². The minimum atomic E-state index is -4.43. The van der Waals surface area contributed by atoms with Crippen LogP contribution in [0.2, 0.25) is 0 Å². The zero-order chi connectivity index (χ0) is 22.7. The topological polar surface area (TPSA) is 85.8 Å². The molecule has 0 bridgehead atoms. The molecule has 0 aliphatic heterocycles. The summed E-state index contributed by atoms with van der Waals surface area (Å²) in [5.41, 5.74) is 0.351. The molecule has 10 heteroatoms. The van der Waals surface area contributed by atoms with E-state index in [-0.39, 0.29) is 48.6 Å². The minimum Gasteiger partial charge on any atom is -0.396 e. The number of aliphatic hydroxyl groups is 1. The van der Waals surface area contributed by atoms with Crippen LogP contribution in [0.4, 0.5) is 13.2 Å². The molecular weight excluding hydrogens is 536 g/mol. The molecule has 0 spiro atoms. The lowest BCUT2D eigenvalue weighted by molar-refractivity contribution is -0.137. The van der Waals surface area contributed by atoms with Crippen molar-refractivity contribution in [3.63, 3.8) is 0 Å². The first kappa shape index (κ1) is 27.7. The van der Waals surface area contributed by atoms with Gasteiger partial charge in [-0.2, -0.15) is 13.2 Å². The van der Waals surface area contributed by atoms with Gasteiger partial charge in [0.1, 0.15) is 0 Å². The molecule has 1 atom stereocenters. The van der Waals surface area contributed by atoms with Crippen molar-refractivity contribution in [1.82, 2.24) is 16.0 Å². The van der Waals surface area contributed by atoms with Gasteiger partial charge in [-0.3, -0.25) is 9.79 Å². The smallest absolute Gasteiger partial charge is 0.396 e. The summed E-state index contributed by atoms with van der Waals surface area (Å²) in [5.74, 6) is -0.0430. The highest BCUT2D eigenvalue weighted by Crippen LogP contribution is 2.29. The van der Waals surface area contributed by atoms with Crippen LogP contribution in [0.5, 0.6) is 0 Å². The van der Waals surface area contributed by atoms with Gasteiger partial charge in [-0.1, -0.05) is 30.3 Å². The molecule has 0 saturated heterocycles. The number of hydrogen-bond donors (Lipinski definition) is 4. The Bertz CT molecular complexity index is 847. The van der Waals surface area contributed by atoms with E-state index in [1.807, 2.05) is 37.3 Å². The average Bonchev–Trinajstić information content (AvgIpc) is 2.77. The van der Waals surface area contributed by atoms with Crippen LogP contribution in [0.3, 0.4) is 0 Å². The number of guanidine groups is 1. The van der Waals surface area contributed by atoms with E-state index in [0.29, 0.717) is 25.6 Å². The Morgan fingerprint density at radius 2 is 1.62 bits per heavy atom. The summed E-state index contributed by atoms with van der Waals surface area (Å²) in [5, 5.41) is 18.5. The lowest BCUT2D eigenvalue weighted by atomic mass is 10.0. The summed E-state index contributed by atoms with van der Waals surface area (Å²) < 4.78 is 37.8. The van der Waals surface area contributed by atoms with Crippen molar-refractivity contribution < 1.29 is 23.1 Å². The van der Waals surface area contributed by atoms with Gasteiger partial charge in [-0.15, -0.1) is 24.0 Å². The second-order valence-corrected chi connectivity index (χ2v) is 6.77. The molecule has 2 aromatic rings. The van der Waals surface area contributed by atoms with Crippen LogP contribution >= 0.6 is 24.0 Å². The molecular formula is C22H28F3IN4O2. The Morgan fingerprint density at radius 1 is 1.00 bits per heavy atom. The maximum absolute atomic E-state index is 12.6. The quantitative estimate of drug-likeness (QED) is 0.163. The first-order chi connectivity index (χ1) is 14.8. The maximum atomic E-state index is 12.6. The van der Waals surface area contributed by atoms with Crippen molar-refractivity contribution in [2.75, 3.05) is 32.8 Å². The van der Waals surface area contributed by atoms with Crippen molar-refractivity contribution in [2.24, 2.45) is 4.99 Å². The Labute approximate surface area is 202 Å². The number of rotatable bonds is 9. The van der Waals surface area contributed by atoms with Gasteiger partial charge < -0.3 is 21.1 Å². The van der Waals surface area contributed by atoms with E-state index in [0.717, 1.165) is 29.8 Å². The molecule has 176 valence electrons. The molecule has 0 aliphatic carbocycles. The van der Waals surface area contributed by atoms with Gasteiger partial charge in [-0.25, -0.2) is 0 Å². The molecule has 2 rings (SSSR count). The summed E-state index contributed by atoms with van der Waals surface area (Å²) in [4.78, 5) is 16.6. The summed E-state index contributed by atoms with van der Waals surface area (Å²) in [7, 11) is 0. The third-order valence-corrected chi connectivity index (χ3v) is 4.48. The zero-order valence-corrected chi connectivity index (χ0v) is 20.0. The maximum Gasteiger partial charge on any atom is 0.416 e. The number of carbonyl (C=O) groups excluding carboxylic acids is 1. The first-order valence-corrected chi connectivity index (χ1v) is 9.98. The number of carbonyl (C=O) groups is 1. The predicted octanol–water partition coefficient (Wildman–Crippen LogP) is 3.38. The highest BCUT2D eigenvalue weighted by atomic mass is 127. The summed E-state index contributed by atoms with van der Waals surface area (Å²) >= 11 is 0. The number of nitrogens with one attached hydrogen (secondary N) is 3. The largest absolute Gasteiger partial charge is 0.416 e. The van der Waals surface area contributed by atoms with Crippen molar-refractivity contribution in [1.29, 1.82) is 0 Å². The lowest BCUT2D eigenvalue weighted by Crippen LogP contribution is -2.41. The lowest BCUT2D eigenvalue weighted by Gasteiger charge is -2.15. The number of alkyl halides is 3. The van der Waals surface area contributed by atoms with Gasteiger partial charge in [0.25, 0.3) is 5.91 Å². The fraction of sp³-hybridized carbons (Fsp3) is 0.364. The fourth-order valence-corrected chi connectivity index (χ4v) is 2.81. The van der Waals surface area contributed by atoms with E-state index in [1.54, 1.807) is 0 Å². The molecule has 0 aliphatic rings. The average molecular weight is 564 g/mol. The predicted molar refractivity (Wildman–Crippen MR) is 129 cm³/mol. The number of aliphatic imine (C=N–C) groups is 1. The van der Waals surface area contributed by atoms with Crippen LogP contribution in [0.25, 0.3) is 0 Å². The van der Waals surface area contributed by atoms with Crippen LogP contribution < -0.4 is 16.0 Å². The van der Waals surface area contributed by atoms with Gasteiger partial charge in [0.2, 0.25) is 0 Å².